The molecule has 14 heteroatoms. The summed E-state index contributed by atoms with van der Waals surface area (Å²) in [5.74, 6) is -1.37. The third-order valence-corrected chi connectivity index (χ3v) is 18.6. The molecular formula is C48H52N2O10S2. The van der Waals surface area contributed by atoms with Crippen LogP contribution in [0.2, 0.25) is 0 Å². The van der Waals surface area contributed by atoms with Gasteiger partial charge in [0.1, 0.15) is 46.7 Å². The summed E-state index contributed by atoms with van der Waals surface area (Å²) in [6.07, 6.45) is 8.47. The van der Waals surface area contributed by atoms with Gasteiger partial charge in [0.15, 0.2) is 11.6 Å². The van der Waals surface area contributed by atoms with Gasteiger partial charge in [0.2, 0.25) is 6.29 Å². The zero-order valence-corrected chi connectivity index (χ0v) is 35.9. The summed E-state index contributed by atoms with van der Waals surface area (Å²) in [6.45, 7) is -0.278. The number of hydrogen-bond acceptors (Lipinski definition) is 14. The Morgan fingerprint density at radius 1 is 0.952 bits per heavy atom. The Morgan fingerprint density at radius 3 is 2.56 bits per heavy atom. The summed E-state index contributed by atoms with van der Waals surface area (Å²) < 4.78 is 12.6. The van der Waals surface area contributed by atoms with Gasteiger partial charge in [-0.1, -0.05) is 89.1 Å². The minimum absolute atomic E-state index is 0.00327. The Kier molecular flexibility index (Phi) is 9.79. The molecule has 2 aromatic carbocycles. The Morgan fingerprint density at radius 2 is 1.76 bits per heavy atom. The molecule has 10 atom stereocenters. The van der Waals surface area contributed by atoms with Gasteiger partial charge in [-0.2, -0.15) is 0 Å². The van der Waals surface area contributed by atoms with E-state index < -0.39 is 59.3 Å². The third-order valence-electron chi connectivity index (χ3n) is 15.9. The number of nitrogens with one attached hydrogen (secondary N) is 2. The molecule has 0 aromatic heterocycles. The van der Waals surface area contributed by atoms with Crippen LogP contribution in [-0.4, -0.2) is 96.7 Å². The summed E-state index contributed by atoms with van der Waals surface area (Å²) in [7, 11) is 3.01. The summed E-state index contributed by atoms with van der Waals surface area (Å²) in [5.41, 5.74) is 1.01. The number of benzene rings is 2. The normalized spacial score (nSPS) is 37.8. The van der Waals surface area contributed by atoms with E-state index in [9.17, 15) is 35.4 Å². The molecule has 2 aromatic rings. The van der Waals surface area contributed by atoms with Crippen molar-refractivity contribution < 1.29 is 49.7 Å². The van der Waals surface area contributed by atoms with Gasteiger partial charge >= 0.3 is 0 Å². The molecule has 0 unspecified atom stereocenters. The van der Waals surface area contributed by atoms with Crippen molar-refractivity contribution in [3.63, 3.8) is 0 Å². The molecule has 5 aliphatic carbocycles. The summed E-state index contributed by atoms with van der Waals surface area (Å²) in [4.78, 5) is 30.3. The van der Waals surface area contributed by atoms with Crippen LogP contribution >= 0.6 is 21.6 Å². The van der Waals surface area contributed by atoms with Crippen molar-refractivity contribution >= 4 is 33.2 Å². The van der Waals surface area contributed by atoms with Crippen LogP contribution in [0.1, 0.15) is 83.2 Å². The summed E-state index contributed by atoms with van der Waals surface area (Å²) in [5, 5.41) is 77.4. The molecule has 2 saturated carbocycles. The van der Waals surface area contributed by atoms with E-state index in [4.69, 9.17) is 9.47 Å². The molecule has 13 rings (SSSR count). The average molecular weight is 881 g/mol. The first-order valence-corrected chi connectivity index (χ1v) is 24.3. The molecule has 0 radical (unpaired) electrons. The zero-order valence-electron chi connectivity index (χ0n) is 34.2. The summed E-state index contributed by atoms with van der Waals surface area (Å²) in [6, 6.07) is 12.1. The Bertz CT molecular complexity index is 2420. The highest BCUT2D eigenvalue weighted by Crippen LogP contribution is 2.71. The third kappa shape index (κ3) is 5.83. The number of rotatable bonds is 4. The molecule has 11 aliphatic rings. The average Bonchev–Trinajstić information content (AvgIpc) is 3.88. The van der Waals surface area contributed by atoms with E-state index in [0.717, 1.165) is 66.6 Å². The summed E-state index contributed by atoms with van der Waals surface area (Å²) >= 11 is 0. The van der Waals surface area contributed by atoms with Crippen LogP contribution in [0.4, 0.5) is 0 Å². The van der Waals surface area contributed by atoms with Crippen LogP contribution < -0.4 is 15.4 Å². The highest BCUT2D eigenvalue weighted by atomic mass is 33.1. The SMILES string of the molecule is O=C1c2cccc3c2C(=O)[C@]2(CSS[C@@H]4CC5=C[C@@H]6C7(CCCC7)CC[C@]6(C[C@]6(O)[C@H](O)[C@@H](CO)O[C@@H](O3)[C@@H]6O)C3=CCNC(=C53)N4)C(O)=CC(Cc3cccc(CO)c3)=C[C@H]12. The predicted octanol–water partition coefficient (Wildman–Crippen LogP) is 5.08. The number of dihydropyridines is 1. The molecule has 3 spiro atoms. The van der Waals surface area contributed by atoms with Gasteiger partial charge in [0, 0.05) is 35.3 Å². The zero-order chi connectivity index (χ0) is 42.8. The maximum absolute atomic E-state index is 15.4. The van der Waals surface area contributed by atoms with Crippen molar-refractivity contribution in [3.8, 4) is 5.75 Å². The topological polar surface area (TPSA) is 198 Å². The molecule has 1 saturated heterocycles. The van der Waals surface area contributed by atoms with Crippen LogP contribution in [-0.2, 0) is 17.8 Å². The number of aliphatic hydroxyl groups excluding tert-OH is 5. The number of ketones is 2. The molecule has 6 aliphatic heterocycles. The smallest absolute Gasteiger partial charge is 0.229 e. The number of allylic oxidation sites excluding steroid dienone is 7. The first-order chi connectivity index (χ1) is 29.9. The molecule has 6 heterocycles. The lowest BCUT2D eigenvalue weighted by atomic mass is 9.54. The van der Waals surface area contributed by atoms with E-state index in [2.05, 4.69) is 22.8 Å². The Hall–Kier alpha value is -3.86. The van der Waals surface area contributed by atoms with Gasteiger partial charge in [-0.15, -0.1) is 0 Å². The second kappa shape index (κ2) is 14.8. The van der Waals surface area contributed by atoms with Crippen LogP contribution in [0.3, 0.4) is 0 Å². The van der Waals surface area contributed by atoms with E-state index in [1.54, 1.807) is 35.1 Å². The largest absolute Gasteiger partial charge is 0.511 e. The first kappa shape index (κ1) is 40.9. The fourth-order valence-electron chi connectivity index (χ4n) is 13.0. The van der Waals surface area contributed by atoms with E-state index in [1.807, 2.05) is 24.3 Å². The van der Waals surface area contributed by atoms with Gasteiger partial charge in [-0.3, -0.25) is 9.59 Å². The molecule has 62 heavy (non-hydrogen) atoms. The fraction of sp³-hybridized carbons (Fsp3) is 0.500. The molecule has 3 fully saturated rings. The number of hydrogen-bond donors (Lipinski definition) is 8. The molecule has 326 valence electrons. The van der Waals surface area contributed by atoms with Gasteiger partial charge in [0.25, 0.3) is 0 Å². The van der Waals surface area contributed by atoms with Crippen molar-refractivity contribution in [3.05, 3.63) is 123 Å². The second-order valence-electron chi connectivity index (χ2n) is 19.0. The number of aliphatic hydroxyl groups is 6. The standard InChI is InChI=1S/C48H52N2O10S2/c51-21-26-6-3-5-25(15-26)16-27-17-31-39(54)29-7-4-8-32-38(29)41(56)47(31,35(53)18-27)24-61-62-36-20-28-19-34-45(10-1-2-11-45)12-13-46(34,30-9-14-49-43(50-36)37(28)30)23-48(58)40(55)33(22-52)60-44(59-32)42(48)57/h3-9,15,17-19,31,33-34,36,40,42,44,49-53,55,57-58H,1-2,10-14,16,20-24H2/t31-,33-,34-,36-,40-,42+,44-,46+,47+,48+/m1/s1. The van der Waals surface area contributed by atoms with E-state index in [-0.39, 0.29) is 63.9 Å². The minimum atomic E-state index is -2.23. The van der Waals surface area contributed by atoms with E-state index >= 15 is 4.79 Å². The highest BCUT2D eigenvalue weighted by molar-refractivity contribution is 8.76. The maximum Gasteiger partial charge on any atom is 0.229 e. The number of carbonyl (C=O) groups excluding carboxylic acids is 2. The molecule has 10 bridgehead atoms. The van der Waals surface area contributed by atoms with Crippen LogP contribution in [0.5, 0.6) is 5.75 Å². The first-order valence-electron chi connectivity index (χ1n) is 21.9. The molecule has 8 N–H and O–H groups in total. The van der Waals surface area contributed by atoms with E-state index in [1.165, 1.54) is 22.4 Å². The predicted molar refractivity (Wildman–Crippen MR) is 233 cm³/mol. The van der Waals surface area contributed by atoms with Crippen molar-refractivity contribution in [2.24, 2.45) is 28.1 Å². The fourth-order valence-corrected chi connectivity index (χ4v) is 15.9. The number of ether oxygens (including phenoxy) is 2. The lowest BCUT2D eigenvalue weighted by Gasteiger charge is -2.55. The number of carbonyl (C=O) groups is 2. The quantitative estimate of drug-likeness (QED) is 0.189. The maximum atomic E-state index is 15.4. The molecule has 0 amide bonds. The molecule has 12 nitrogen and oxygen atoms in total. The van der Waals surface area contributed by atoms with Crippen molar-refractivity contribution in [1.82, 2.24) is 10.6 Å². The highest BCUT2D eigenvalue weighted by Gasteiger charge is 2.67. The van der Waals surface area contributed by atoms with Crippen molar-refractivity contribution in [2.45, 2.75) is 100.0 Å². The van der Waals surface area contributed by atoms with E-state index in [0.29, 0.717) is 25.0 Å². The Balaban J connectivity index is 1.06. The van der Waals surface area contributed by atoms with Gasteiger partial charge in [-0.25, -0.2) is 0 Å². The van der Waals surface area contributed by atoms with Crippen LogP contribution in [0.25, 0.3) is 0 Å². The molecular weight excluding hydrogens is 829 g/mol. The van der Waals surface area contributed by atoms with Gasteiger partial charge in [0.05, 0.1) is 30.1 Å². The lowest BCUT2D eigenvalue weighted by Crippen LogP contribution is -2.69. The van der Waals surface area contributed by atoms with Gasteiger partial charge in [-0.05, 0) is 89.8 Å². The van der Waals surface area contributed by atoms with Crippen LogP contribution in [0, 0.1) is 28.1 Å². The Labute approximate surface area is 367 Å². The minimum Gasteiger partial charge on any atom is -0.511 e. The van der Waals surface area contributed by atoms with Crippen LogP contribution in [0.15, 0.2) is 101 Å². The second-order valence-corrected chi connectivity index (χ2v) is 21.6. The monoisotopic (exact) mass is 880 g/mol. The van der Waals surface area contributed by atoms with Gasteiger partial charge < -0.3 is 50.7 Å². The van der Waals surface area contributed by atoms with Crippen molar-refractivity contribution in [2.75, 3.05) is 18.9 Å². The lowest BCUT2D eigenvalue weighted by molar-refractivity contribution is -0.320. The number of Topliss-reactive ketones (excluding diaryl/α,β-unsaturated/α-hetero) is 2. The van der Waals surface area contributed by atoms with Crippen molar-refractivity contribution in [1.29, 1.82) is 0 Å².